The third kappa shape index (κ3) is 4.84. The maximum atomic E-state index is 13.0. The van der Waals surface area contributed by atoms with Gasteiger partial charge in [-0.3, -0.25) is 9.52 Å². The molecule has 0 bridgehead atoms. The van der Waals surface area contributed by atoms with Crippen LogP contribution in [0.2, 0.25) is 0 Å². The number of para-hydroxylation sites is 2. The first-order valence-electron chi connectivity index (χ1n) is 9.81. The number of amides is 1. The van der Waals surface area contributed by atoms with E-state index in [0.717, 1.165) is 5.56 Å². The molecule has 1 amide bonds. The van der Waals surface area contributed by atoms with Crippen LogP contribution in [0.1, 0.15) is 12.5 Å². The van der Waals surface area contributed by atoms with Gasteiger partial charge < -0.3 is 10.6 Å². The molecule has 32 heavy (non-hydrogen) atoms. The lowest BCUT2D eigenvalue weighted by Crippen LogP contribution is -2.16. The smallest absolute Gasteiger partial charge is 0.263 e. The molecule has 4 rings (SSSR count). The van der Waals surface area contributed by atoms with E-state index >= 15 is 0 Å². The van der Waals surface area contributed by atoms with Crippen molar-refractivity contribution in [2.45, 2.75) is 18.7 Å². The summed E-state index contributed by atoms with van der Waals surface area (Å²) in [4.78, 5) is 20.4. The normalized spacial score (nSPS) is 11.2. The van der Waals surface area contributed by atoms with Gasteiger partial charge in [0.25, 0.3) is 10.0 Å². The van der Waals surface area contributed by atoms with Gasteiger partial charge in [-0.15, -0.1) is 0 Å². The summed E-state index contributed by atoms with van der Waals surface area (Å²) in [5.41, 5.74) is 3.30. The first-order valence-corrected chi connectivity index (χ1v) is 11.3. The number of fused-ring (bicyclic) bond motifs is 1. The fourth-order valence-corrected chi connectivity index (χ4v) is 4.22. The lowest BCUT2D eigenvalue weighted by Gasteiger charge is -2.14. The Kier molecular flexibility index (Phi) is 5.74. The van der Waals surface area contributed by atoms with E-state index in [1.54, 1.807) is 48.5 Å². The van der Waals surface area contributed by atoms with Crippen LogP contribution in [0.5, 0.6) is 0 Å². The fraction of sp³-hybridized carbons (Fsp3) is 0.0870. The quantitative estimate of drug-likeness (QED) is 0.403. The summed E-state index contributed by atoms with van der Waals surface area (Å²) in [5.74, 6) is 0.169. The second kappa shape index (κ2) is 8.64. The molecule has 0 aliphatic carbocycles. The third-order valence-electron chi connectivity index (χ3n) is 4.57. The van der Waals surface area contributed by atoms with Gasteiger partial charge in [-0.25, -0.2) is 18.4 Å². The largest absolute Gasteiger partial charge is 0.337 e. The van der Waals surface area contributed by atoms with Gasteiger partial charge in [0.15, 0.2) is 11.6 Å². The predicted octanol–water partition coefficient (Wildman–Crippen LogP) is 4.44. The number of carbonyl (C=O) groups excluding carboxylic acids is 1. The first-order chi connectivity index (χ1) is 15.3. The molecule has 1 heterocycles. The van der Waals surface area contributed by atoms with Gasteiger partial charge in [-0.2, -0.15) is 0 Å². The summed E-state index contributed by atoms with van der Waals surface area (Å²) in [5, 5.41) is 5.82. The second-order valence-corrected chi connectivity index (χ2v) is 8.90. The molecule has 8 nitrogen and oxygen atoms in total. The highest BCUT2D eigenvalue weighted by molar-refractivity contribution is 7.92. The highest BCUT2D eigenvalue weighted by Crippen LogP contribution is 2.27. The number of anilines is 4. The number of hydrogen-bond acceptors (Lipinski definition) is 6. The van der Waals surface area contributed by atoms with E-state index in [2.05, 4.69) is 25.3 Å². The zero-order valence-electron chi connectivity index (χ0n) is 17.5. The lowest BCUT2D eigenvalue weighted by molar-refractivity contribution is -0.114. The zero-order chi connectivity index (χ0) is 22.7. The number of sulfonamides is 1. The third-order valence-corrected chi connectivity index (χ3v) is 5.91. The number of hydrogen-bond donors (Lipinski definition) is 3. The molecule has 0 unspecified atom stereocenters. The molecule has 9 heteroatoms. The number of benzene rings is 3. The SMILES string of the molecule is CC(=O)Nc1ccc(Nc2nc3ccccc3nc2NS(=O)(=O)c2cccc(C)c2)cc1. The minimum atomic E-state index is -3.88. The van der Waals surface area contributed by atoms with Crippen LogP contribution in [-0.4, -0.2) is 24.3 Å². The molecule has 4 aromatic rings. The van der Waals surface area contributed by atoms with Gasteiger partial charge in [0, 0.05) is 18.3 Å². The molecule has 162 valence electrons. The summed E-state index contributed by atoms with van der Waals surface area (Å²) in [6, 6.07) is 20.8. The van der Waals surface area contributed by atoms with E-state index in [4.69, 9.17) is 0 Å². The van der Waals surface area contributed by atoms with E-state index in [1.165, 1.54) is 13.0 Å². The van der Waals surface area contributed by atoms with Crippen molar-refractivity contribution in [3.8, 4) is 0 Å². The fourth-order valence-electron chi connectivity index (χ4n) is 3.10. The second-order valence-electron chi connectivity index (χ2n) is 7.22. The predicted molar refractivity (Wildman–Crippen MR) is 126 cm³/mol. The molecule has 0 aliphatic rings. The van der Waals surface area contributed by atoms with E-state index in [1.807, 2.05) is 25.1 Å². The average molecular weight is 448 g/mol. The summed E-state index contributed by atoms with van der Waals surface area (Å²) in [7, 11) is -3.88. The topological polar surface area (TPSA) is 113 Å². The van der Waals surface area contributed by atoms with E-state index in [9.17, 15) is 13.2 Å². The molecule has 3 N–H and O–H groups in total. The molecule has 0 aliphatic heterocycles. The van der Waals surface area contributed by atoms with Crippen LogP contribution in [0.3, 0.4) is 0 Å². The standard InChI is InChI=1S/C23H21N5O3S/c1-15-6-5-7-19(14-15)32(30,31)28-23-22(26-20-8-3-4-9-21(20)27-23)25-18-12-10-17(11-13-18)24-16(2)29/h3-14H,1-2H3,(H,24,29)(H,25,26)(H,27,28). The Labute approximate surface area is 185 Å². The Morgan fingerprint density at radius 2 is 1.44 bits per heavy atom. The van der Waals surface area contributed by atoms with Gasteiger partial charge in [0.05, 0.1) is 15.9 Å². The van der Waals surface area contributed by atoms with Crippen molar-refractivity contribution in [3.05, 3.63) is 78.4 Å². The van der Waals surface area contributed by atoms with Crippen molar-refractivity contribution < 1.29 is 13.2 Å². The minimum absolute atomic E-state index is 0.0798. The molecule has 0 atom stereocenters. The molecule has 1 aromatic heterocycles. The number of rotatable bonds is 6. The van der Waals surface area contributed by atoms with Crippen LogP contribution in [0.25, 0.3) is 11.0 Å². The van der Waals surface area contributed by atoms with Crippen LogP contribution in [0, 0.1) is 6.92 Å². The summed E-state index contributed by atoms with van der Waals surface area (Å²) in [6.07, 6.45) is 0. The zero-order valence-corrected chi connectivity index (χ0v) is 18.3. The maximum absolute atomic E-state index is 13.0. The number of nitrogens with zero attached hydrogens (tertiary/aromatic N) is 2. The Morgan fingerprint density at radius 3 is 2.06 bits per heavy atom. The molecule has 0 radical (unpaired) electrons. The molecule has 0 spiro atoms. The summed E-state index contributed by atoms with van der Waals surface area (Å²) in [6.45, 7) is 3.26. The summed E-state index contributed by atoms with van der Waals surface area (Å²) < 4.78 is 28.5. The van der Waals surface area contributed by atoms with Crippen molar-refractivity contribution in [3.63, 3.8) is 0 Å². The number of aryl methyl sites for hydroxylation is 1. The lowest BCUT2D eigenvalue weighted by atomic mass is 10.2. The molecule has 0 saturated heterocycles. The van der Waals surface area contributed by atoms with E-state index in [-0.39, 0.29) is 22.4 Å². The summed E-state index contributed by atoms with van der Waals surface area (Å²) >= 11 is 0. The van der Waals surface area contributed by atoms with Gasteiger partial charge in [-0.1, -0.05) is 24.3 Å². The van der Waals surface area contributed by atoms with Crippen molar-refractivity contribution >= 4 is 50.0 Å². The van der Waals surface area contributed by atoms with Gasteiger partial charge in [-0.05, 0) is 61.0 Å². The Balaban J connectivity index is 1.71. The van der Waals surface area contributed by atoms with Crippen LogP contribution in [0.4, 0.5) is 23.0 Å². The van der Waals surface area contributed by atoms with Gasteiger partial charge in [0.2, 0.25) is 5.91 Å². The van der Waals surface area contributed by atoms with Crippen LogP contribution in [0.15, 0.2) is 77.7 Å². The highest BCUT2D eigenvalue weighted by atomic mass is 32.2. The minimum Gasteiger partial charge on any atom is -0.337 e. The Bertz CT molecular complexity index is 1400. The van der Waals surface area contributed by atoms with Crippen molar-refractivity contribution in [1.29, 1.82) is 0 Å². The van der Waals surface area contributed by atoms with Crippen molar-refractivity contribution in [2.75, 3.05) is 15.4 Å². The van der Waals surface area contributed by atoms with E-state index < -0.39 is 10.0 Å². The molecular formula is C23H21N5O3S. The van der Waals surface area contributed by atoms with Crippen LogP contribution in [-0.2, 0) is 14.8 Å². The maximum Gasteiger partial charge on any atom is 0.263 e. The highest BCUT2D eigenvalue weighted by Gasteiger charge is 2.19. The Hall–Kier alpha value is -3.98. The first kappa shape index (κ1) is 21.3. The number of aromatic nitrogens is 2. The monoisotopic (exact) mass is 447 g/mol. The van der Waals surface area contributed by atoms with Gasteiger partial charge >= 0.3 is 0 Å². The average Bonchev–Trinajstić information content (AvgIpc) is 2.75. The molecule has 0 saturated carbocycles. The molecule has 3 aromatic carbocycles. The number of carbonyl (C=O) groups is 1. The van der Waals surface area contributed by atoms with Crippen LogP contribution < -0.4 is 15.4 Å². The van der Waals surface area contributed by atoms with Crippen molar-refractivity contribution in [1.82, 2.24) is 9.97 Å². The van der Waals surface area contributed by atoms with E-state index in [0.29, 0.717) is 22.4 Å². The van der Waals surface area contributed by atoms with Crippen LogP contribution >= 0.6 is 0 Å². The number of nitrogens with one attached hydrogen (secondary N) is 3. The molecule has 0 fully saturated rings. The van der Waals surface area contributed by atoms with Crippen molar-refractivity contribution in [2.24, 2.45) is 0 Å². The molecular weight excluding hydrogens is 426 g/mol. The van der Waals surface area contributed by atoms with Gasteiger partial charge in [0.1, 0.15) is 0 Å². The Morgan fingerprint density at radius 1 is 0.812 bits per heavy atom.